The predicted molar refractivity (Wildman–Crippen MR) is 127 cm³/mol. The third kappa shape index (κ3) is 18200. The first-order chi connectivity index (χ1) is 19.3. The summed E-state index contributed by atoms with van der Waals surface area (Å²) >= 11 is 0. The summed E-state index contributed by atoms with van der Waals surface area (Å²) < 4.78 is 0. The van der Waals surface area contributed by atoms with Crippen LogP contribution in [-0.2, 0) is 57.5 Å². The van der Waals surface area contributed by atoms with Gasteiger partial charge in [0.2, 0.25) is 0 Å². The number of carbonyl (C=O) groups is 12. The zero-order valence-electron chi connectivity index (χ0n) is 20.9. The van der Waals surface area contributed by atoms with Crippen LogP contribution in [0, 0.1) is 0 Å². The molecule has 0 heterocycles. The highest BCUT2D eigenvalue weighted by atomic mass is 16.4. The minimum Gasteiger partial charge on any atom is -0.483 e. The maximum absolute atomic E-state index is 9.87. The van der Waals surface area contributed by atoms with Crippen molar-refractivity contribution in [3.8, 4) is 0 Å². The molecule has 0 rings (SSSR count). The molecule has 0 saturated heterocycles. The molecule has 12 N–H and O–H groups in total. The summed E-state index contributed by atoms with van der Waals surface area (Å²) in [5, 5.41) is 83.9. The van der Waals surface area contributed by atoms with Crippen LogP contribution in [0.2, 0.25) is 0 Å². The Balaban J connectivity index is -0.0000000229. The molecule has 246 valence electrons. The number of carboxylic acid groups (broad SMARTS) is 12. The topological polar surface area (TPSA) is 448 Å². The minimum atomic E-state index is -0.682. The lowest BCUT2D eigenvalue weighted by molar-refractivity contribution is -0.137. The van der Waals surface area contributed by atoms with E-state index in [1.165, 1.54) is 0 Å². The lowest BCUT2D eigenvalue weighted by Crippen LogP contribution is -1.92. The third-order valence-corrected chi connectivity index (χ3v) is 0.994. The summed E-state index contributed by atoms with van der Waals surface area (Å²) in [6.07, 6.45) is 3.28. The number of unbranched alkanes of at least 4 members (excludes halogenated alkanes) is 2. The fourth-order valence-corrected chi connectivity index (χ4v) is 0.526. The monoisotopic (exact) mass is 622 g/mol. The third-order valence-electron chi connectivity index (χ3n) is 0.994. The maximum Gasteiger partial charge on any atom is 0.303 e. The molecule has 0 amide bonds. The van der Waals surface area contributed by atoms with Gasteiger partial charge < -0.3 is 61.3 Å². The van der Waals surface area contributed by atoms with Crippen molar-refractivity contribution < 1.29 is 119 Å². The summed E-state index contributed by atoms with van der Waals surface area (Å²) in [6, 6.07) is 0. The molecule has 0 spiro atoms. The molecule has 0 radical (unpaired) electrons. The summed E-state index contributed by atoms with van der Waals surface area (Å²) in [4.78, 5) is 102. The average Bonchev–Trinajstić information content (AvgIpc) is 2.85. The van der Waals surface area contributed by atoms with E-state index >= 15 is 0 Å². The highest BCUT2D eigenvalue weighted by Crippen LogP contribution is 1.97. The molecule has 0 saturated carbocycles. The summed E-state index contributed by atoms with van der Waals surface area (Å²) in [7, 11) is 0. The number of hydrogen-bond donors (Lipinski definition) is 12. The highest BCUT2D eigenvalue weighted by molar-refractivity contribution is 5.66. The quantitative estimate of drug-likeness (QED) is 0.123. The molecule has 24 heteroatoms. The SMILES string of the molecule is CCCCCC(=O)O.O=CO.O=CO.O=CO.O=CO.O=CO.O=CO.O=CO.O=CO.O=CO.O=CO.O=CO. The maximum atomic E-state index is 9.87. The molecule has 41 heavy (non-hydrogen) atoms. The van der Waals surface area contributed by atoms with Gasteiger partial charge in [-0.25, -0.2) is 0 Å². The zero-order chi connectivity index (χ0) is 36.2. The van der Waals surface area contributed by atoms with Crippen LogP contribution in [0.1, 0.15) is 32.6 Å². The van der Waals surface area contributed by atoms with Gasteiger partial charge in [0, 0.05) is 6.42 Å². The second kappa shape index (κ2) is 265. The van der Waals surface area contributed by atoms with Crippen molar-refractivity contribution in [1.82, 2.24) is 0 Å². The number of carboxylic acids is 1. The zero-order valence-corrected chi connectivity index (χ0v) is 20.9. The second-order valence-corrected chi connectivity index (χ2v) is 3.01. The molecule has 0 atom stereocenters. The van der Waals surface area contributed by atoms with Crippen molar-refractivity contribution in [3.05, 3.63) is 0 Å². The number of hydrogen-bond acceptors (Lipinski definition) is 12. The van der Waals surface area contributed by atoms with Crippen LogP contribution in [-0.4, -0.2) is 138 Å². The Morgan fingerprint density at radius 2 is 0.512 bits per heavy atom. The molecule has 0 aromatic rings. The average molecular weight is 622 g/mol. The van der Waals surface area contributed by atoms with Crippen molar-refractivity contribution >= 4 is 77.2 Å². The molecular weight excluding hydrogens is 588 g/mol. The van der Waals surface area contributed by atoms with Gasteiger partial charge >= 0.3 is 5.97 Å². The Labute approximate surface area is 229 Å². The van der Waals surface area contributed by atoms with Crippen LogP contribution >= 0.6 is 0 Å². The molecule has 24 nitrogen and oxygen atoms in total. The van der Waals surface area contributed by atoms with Crippen molar-refractivity contribution in [1.29, 1.82) is 0 Å². The van der Waals surface area contributed by atoms with Crippen molar-refractivity contribution in [2.24, 2.45) is 0 Å². The first-order valence-electron chi connectivity index (χ1n) is 8.42. The van der Waals surface area contributed by atoms with Crippen LogP contribution < -0.4 is 0 Å². The lowest BCUT2D eigenvalue weighted by Gasteiger charge is -1.89. The van der Waals surface area contributed by atoms with E-state index < -0.39 is 5.97 Å². The highest BCUT2D eigenvalue weighted by Gasteiger charge is 1.92. The van der Waals surface area contributed by atoms with Gasteiger partial charge in [-0.2, -0.15) is 0 Å². The van der Waals surface area contributed by atoms with E-state index in [0.717, 1.165) is 19.3 Å². The summed E-state index contributed by atoms with van der Waals surface area (Å²) in [6.45, 7) is -0.693. The van der Waals surface area contributed by atoms with Gasteiger partial charge in [0.1, 0.15) is 0 Å². The van der Waals surface area contributed by atoms with Crippen LogP contribution in [0.4, 0.5) is 0 Å². The van der Waals surface area contributed by atoms with E-state index in [0.29, 0.717) is 6.42 Å². The van der Waals surface area contributed by atoms with Gasteiger partial charge in [0.15, 0.2) is 0 Å². The Morgan fingerprint density at radius 3 is 0.585 bits per heavy atom. The molecule has 0 aromatic carbocycles. The Kier molecular flexibility index (Phi) is 493. The van der Waals surface area contributed by atoms with Gasteiger partial charge in [-0.3, -0.25) is 57.5 Å². The number of rotatable bonds is 4. The molecule has 0 bridgehead atoms. The summed E-state index contributed by atoms with van der Waals surface area (Å²) in [5.74, 6) is -0.682. The van der Waals surface area contributed by atoms with Gasteiger partial charge in [-0.05, 0) is 6.42 Å². The van der Waals surface area contributed by atoms with E-state index in [9.17, 15) is 4.79 Å². The fraction of sp³-hybridized carbons (Fsp3) is 0.294. The molecule has 0 aromatic heterocycles. The fourth-order valence-electron chi connectivity index (χ4n) is 0.526. The van der Waals surface area contributed by atoms with Gasteiger partial charge in [0.05, 0.1) is 0 Å². The molecular formula is C17H34O24. The van der Waals surface area contributed by atoms with Crippen LogP contribution in [0.15, 0.2) is 0 Å². The standard InChI is InChI=1S/C6H12O2.11CH2O2/c1-2-3-4-5-6(7)8;11*2-1-3/h2-5H2,1H3,(H,7,8);11*1H,(H,2,3). The lowest BCUT2D eigenvalue weighted by atomic mass is 10.2. The molecule has 0 aliphatic heterocycles. The molecule has 0 aliphatic carbocycles. The van der Waals surface area contributed by atoms with Crippen molar-refractivity contribution in [3.63, 3.8) is 0 Å². The molecule has 0 aliphatic rings. The first kappa shape index (κ1) is 76.5. The Morgan fingerprint density at radius 1 is 0.390 bits per heavy atom. The molecule has 0 fully saturated rings. The number of aliphatic carboxylic acids is 1. The van der Waals surface area contributed by atoms with Crippen molar-refractivity contribution in [2.45, 2.75) is 32.6 Å². The molecule has 0 unspecified atom stereocenters. The van der Waals surface area contributed by atoms with E-state index in [1.54, 1.807) is 0 Å². The van der Waals surface area contributed by atoms with E-state index in [4.69, 9.17) is 114 Å². The van der Waals surface area contributed by atoms with Crippen molar-refractivity contribution in [2.75, 3.05) is 0 Å². The Hall–Kier alpha value is -6.36. The van der Waals surface area contributed by atoms with E-state index in [-0.39, 0.29) is 71.2 Å². The second-order valence-electron chi connectivity index (χ2n) is 3.01. The van der Waals surface area contributed by atoms with Gasteiger partial charge in [-0.1, -0.05) is 19.8 Å². The summed E-state index contributed by atoms with van der Waals surface area (Å²) in [5.41, 5.74) is 0. The van der Waals surface area contributed by atoms with Gasteiger partial charge in [0.25, 0.3) is 71.2 Å². The van der Waals surface area contributed by atoms with Crippen LogP contribution in [0.5, 0.6) is 0 Å². The van der Waals surface area contributed by atoms with E-state index in [2.05, 4.69) is 6.92 Å². The van der Waals surface area contributed by atoms with E-state index in [1.807, 2.05) is 0 Å². The largest absolute Gasteiger partial charge is 0.483 e. The van der Waals surface area contributed by atoms with Crippen LogP contribution in [0.3, 0.4) is 0 Å². The smallest absolute Gasteiger partial charge is 0.303 e. The minimum absolute atomic E-state index is 0.250. The predicted octanol–water partition coefficient (Wildman–Crippen LogP) is -1.64. The Bertz CT molecular complexity index is 367. The van der Waals surface area contributed by atoms with Crippen LogP contribution in [0.25, 0.3) is 0 Å². The normalized spacial score (nSPS) is 5.00. The first-order valence-corrected chi connectivity index (χ1v) is 8.42. The van der Waals surface area contributed by atoms with Gasteiger partial charge in [-0.15, -0.1) is 0 Å².